The molecule has 4 atom stereocenters. The molecule has 1 spiro atoms. The number of rotatable bonds is 2. The molecule has 0 aromatic heterocycles. The molecular weight excluding hydrogens is 353 g/mol. The van der Waals surface area contributed by atoms with Gasteiger partial charge in [0.25, 0.3) is 11.9 Å². The van der Waals surface area contributed by atoms with Crippen LogP contribution in [0.3, 0.4) is 0 Å². The number of nitrogens with zero attached hydrogens (tertiary/aromatic N) is 1. The third-order valence-electron chi connectivity index (χ3n) is 6.47. The van der Waals surface area contributed by atoms with E-state index in [0.717, 1.165) is 23.0 Å². The average molecular weight is 375 g/mol. The van der Waals surface area contributed by atoms with E-state index in [-0.39, 0.29) is 18.0 Å². The van der Waals surface area contributed by atoms with Gasteiger partial charge in [-0.1, -0.05) is 61.0 Å². The number of carbonyl (C=O) groups excluding carboxylic acids is 2. The number of hydrogen-bond donors (Lipinski definition) is 0. The third-order valence-corrected chi connectivity index (χ3v) is 6.47. The summed E-state index contributed by atoms with van der Waals surface area (Å²) in [5.74, 6) is -1.42. The molecule has 1 saturated carbocycles. The topological polar surface area (TPSA) is 55.6 Å². The molecule has 0 N–H and O–H groups in total. The van der Waals surface area contributed by atoms with Gasteiger partial charge in [-0.2, -0.15) is 0 Å². The fourth-order valence-corrected chi connectivity index (χ4v) is 4.98. The fraction of sp³-hybridized carbons (Fsp3) is 0.318. The zero-order chi connectivity index (χ0) is 19.3. The molecule has 142 valence electrons. The molecule has 0 bridgehead atoms. The van der Waals surface area contributed by atoms with Gasteiger partial charge in [-0.15, -0.1) is 0 Å². The largest absolute Gasteiger partial charge is 0.684 e. The predicted octanol–water partition coefficient (Wildman–Crippen LogP) is 2.56. The Morgan fingerprint density at radius 3 is 2.21 bits per heavy atom. The summed E-state index contributed by atoms with van der Waals surface area (Å²) in [6.07, 6.45) is 4.18. The van der Waals surface area contributed by atoms with E-state index in [9.17, 15) is 9.59 Å². The van der Waals surface area contributed by atoms with E-state index in [1.165, 1.54) is 0 Å². The van der Waals surface area contributed by atoms with Crippen molar-refractivity contribution in [1.29, 1.82) is 0 Å². The second kappa shape index (κ2) is 6.33. The van der Waals surface area contributed by atoms with Crippen molar-refractivity contribution in [2.75, 3.05) is 0 Å². The summed E-state index contributed by atoms with van der Waals surface area (Å²) in [5, 5.41) is 0. The van der Waals surface area contributed by atoms with Crippen molar-refractivity contribution in [3.63, 3.8) is 0 Å². The zero-order valence-corrected chi connectivity index (χ0v) is 15.8. The van der Waals surface area contributed by atoms with E-state index in [1.807, 2.05) is 72.2 Å². The molecule has 28 heavy (non-hydrogen) atoms. The molecule has 2 heterocycles. The monoisotopic (exact) mass is 375 g/mol. The Bertz CT molecular complexity index is 963. The third kappa shape index (κ3) is 2.44. The smallest absolute Gasteiger partial charge is 0.592 e. The summed E-state index contributed by atoms with van der Waals surface area (Å²) in [4.78, 5) is 26.1. The molecule has 6 heteroatoms. The van der Waals surface area contributed by atoms with Crippen LogP contribution in [-0.4, -0.2) is 29.3 Å². The van der Waals surface area contributed by atoms with Crippen molar-refractivity contribution in [1.82, 2.24) is 0 Å². The number of fused-ring (bicyclic) bond motifs is 3. The molecule has 3 aliphatic rings. The van der Waals surface area contributed by atoms with Gasteiger partial charge in [-0.25, -0.2) is 0 Å². The highest BCUT2D eigenvalue weighted by atomic mass is 16.7. The van der Waals surface area contributed by atoms with Gasteiger partial charge in [0.15, 0.2) is 0 Å². The zero-order valence-electron chi connectivity index (χ0n) is 15.8. The first-order chi connectivity index (χ1) is 13.6. The maximum atomic E-state index is 13.0. The SMILES string of the molecule is C[C@H](c1ccccc1)[N+]1=Cc2ccccc2[B-]12OC(=O)C1CCC[C@H]1C(=O)O2. The molecule has 5 rings (SSSR count). The molecular formula is C22H22BNO4. The van der Waals surface area contributed by atoms with Crippen molar-refractivity contribution < 1.29 is 23.4 Å². The van der Waals surface area contributed by atoms with Crippen LogP contribution in [0.5, 0.6) is 0 Å². The summed E-state index contributed by atoms with van der Waals surface area (Å²) < 4.78 is 14.1. The van der Waals surface area contributed by atoms with Gasteiger partial charge >= 0.3 is 6.69 Å². The van der Waals surface area contributed by atoms with E-state index >= 15 is 0 Å². The second-order valence-corrected chi connectivity index (χ2v) is 7.98. The van der Waals surface area contributed by atoms with Crippen molar-refractivity contribution in [2.24, 2.45) is 11.8 Å². The lowest BCUT2D eigenvalue weighted by molar-refractivity contribution is -0.467. The molecule has 2 aliphatic heterocycles. The predicted molar refractivity (Wildman–Crippen MR) is 105 cm³/mol. The van der Waals surface area contributed by atoms with Crippen LogP contribution in [-0.2, 0) is 18.9 Å². The Labute approximate surface area is 164 Å². The van der Waals surface area contributed by atoms with Gasteiger partial charge < -0.3 is 13.8 Å². The molecule has 2 unspecified atom stereocenters. The second-order valence-electron chi connectivity index (χ2n) is 7.98. The summed E-state index contributed by atoms with van der Waals surface area (Å²) in [5.41, 5.74) is 2.73. The van der Waals surface area contributed by atoms with Crippen molar-refractivity contribution in [3.05, 3.63) is 65.7 Å². The van der Waals surface area contributed by atoms with Crippen molar-refractivity contribution in [2.45, 2.75) is 32.2 Å². The summed E-state index contributed by atoms with van der Waals surface area (Å²) in [6.45, 7) is -0.383. The van der Waals surface area contributed by atoms with E-state index in [1.54, 1.807) is 0 Å². The Morgan fingerprint density at radius 2 is 1.54 bits per heavy atom. The standard InChI is InChI=1S/C22H22BNO4/c1-15(16-8-3-2-4-9-16)24-14-17-10-5-6-13-20(17)23(24)27-21(25)18-11-7-12-19(18)22(26)28-23/h2-6,8-10,13-15,18-19H,7,11-12H2,1H3/t15-,18-,19?,23?/m1/s1. The van der Waals surface area contributed by atoms with E-state index in [4.69, 9.17) is 9.31 Å². The molecule has 5 nitrogen and oxygen atoms in total. The lowest BCUT2D eigenvalue weighted by atomic mass is 9.62. The highest BCUT2D eigenvalue weighted by molar-refractivity contribution is 6.79. The van der Waals surface area contributed by atoms with Crippen LogP contribution in [0.15, 0.2) is 54.6 Å². The van der Waals surface area contributed by atoms with Crippen LogP contribution >= 0.6 is 0 Å². The molecule has 2 fully saturated rings. The lowest BCUT2D eigenvalue weighted by Gasteiger charge is -2.35. The molecule has 1 saturated heterocycles. The first kappa shape index (κ1) is 17.2. The van der Waals surface area contributed by atoms with Crippen LogP contribution in [0.2, 0.25) is 0 Å². The minimum absolute atomic E-state index is 0.132. The van der Waals surface area contributed by atoms with Crippen LogP contribution < -0.4 is 5.46 Å². The van der Waals surface area contributed by atoms with Gasteiger partial charge in [0.05, 0.1) is 11.8 Å². The van der Waals surface area contributed by atoms with Crippen LogP contribution in [0.4, 0.5) is 0 Å². The molecule has 0 radical (unpaired) electrons. The van der Waals surface area contributed by atoms with Gasteiger partial charge in [0, 0.05) is 11.1 Å². The molecule has 0 amide bonds. The maximum Gasteiger partial charge on any atom is 0.684 e. The Kier molecular flexibility index (Phi) is 3.90. The van der Waals surface area contributed by atoms with E-state index in [2.05, 4.69) is 0 Å². The number of carbonyl (C=O) groups is 2. The van der Waals surface area contributed by atoms with Gasteiger partial charge in [0.2, 0.25) is 0 Å². The van der Waals surface area contributed by atoms with Crippen LogP contribution in [0.25, 0.3) is 0 Å². The maximum absolute atomic E-state index is 13.0. The van der Waals surface area contributed by atoms with Crippen LogP contribution in [0, 0.1) is 11.8 Å². The van der Waals surface area contributed by atoms with Crippen molar-refractivity contribution >= 4 is 30.3 Å². The molecule has 2 aromatic carbocycles. The Hall–Kier alpha value is -2.89. The number of benzene rings is 2. The fourth-order valence-electron chi connectivity index (χ4n) is 4.98. The minimum Gasteiger partial charge on any atom is -0.592 e. The minimum atomic E-state index is -2.42. The van der Waals surface area contributed by atoms with E-state index in [0.29, 0.717) is 12.8 Å². The van der Waals surface area contributed by atoms with Gasteiger partial charge in [0.1, 0.15) is 12.3 Å². The van der Waals surface area contributed by atoms with Crippen LogP contribution in [0.1, 0.15) is 43.4 Å². The highest BCUT2D eigenvalue weighted by Gasteiger charge is 2.61. The quantitative estimate of drug-likeness (QED) is 0.758. The first-order valence-electron chi connectivity index (χ1n) is 9.97. The average Bonchev–Trinajstić information content (AvgIpc) is 3.30. The first-order valence-corrected chi connectivity index (χ1v) is 9.97. The lowest BCUT2D eigenvalue weighted by Crippen LogP contribution is -2.62. The Balaban J connectivity index is 1.65. The summed E-state index contributed by atoms with van der Waals surface area (Å²) >= 11 is 0. The molecule has 2 aromatic rings. The molecule has 1 aliphatic carbocycles. The summed E-state index contributed by atoms with van der Waals surface area (Å²) in [6, 6.07) is 17.5. The normalized spacial score (nSPS) is 29.4. The Morgan fingerprint density at radius 1 is 0.929 bits per heavy atom. The summed E-state index contributed by atoms with van der Waals surface area (Å²) in [7, 11) is 0. The van der Waals surface area contributed by atoms with E-state index < -0.39 is 18.5 Å². The van der Waals surface area contributed by atoms with Gasteiger partial charge in [-0.05, 0) is 25.2 Å². The van der Waals surface area contributed by atoms with Crippen molar-refractivity contribution in [3.8, 4) is 0 Å². The highest BCUT2D eigenvalue weighted by Crippen LogP contribution is 2.39. The van der Waals surface area contributed by atoms with Gasteiger partial charge in [-0.3, -0.25) is 9.59 Å². The number of hydrogen-bond acceptors (Lipinski definition) is 4.